The van der Waals surface area contributed by atoms with Crippen molar-refractivity contribution in [3.63, 3.8) is 0 Å². The lowest BCUT2D eigenvalue weighted by molar-refractivity contribution is -0.145. The van der Waals surface area contributed by atoms with Crippen LogP contribution in [0.2, 0.25) is 0 Å². The minimum atomic E-state index is -0.476. The van der Waals surface area contributed by atoms with Crippen molar-refractivity contribution in [3.05, 3.63) is 23.9 Å². The lowest BCUT2D eigenvalue weighted by Gasteiger charge is -2.32. The Morgan fingerprint density at radius 1 is 1.56 bits per heavy atom. The van der Waals surface area contributed by atoms with Gasteiger partial charge >= 0.3 is 0 Å². The molecule has 6 heteroatoms. The van der Waals surface area contributed by atoms with Crippen LogP contribution in [0, 0.1) is 0 Å². The molecule has 2 rings (SSSR count). The van der Waals surface area contributed by atoms with Crippen molar-refractivity contribution in [1.29, 1.82) is 0 Å². The van der Waals surface area contributed by atoms with E-state index in [0.717, 1.165) is 5.56 Å². The topological polar surface area (TPSA) is 71.5 Å². The van der Waals surface area contributed by atoms with Gasteiger partial charge in [-0.3, -0.25) is 9.59 Å². The summed E-state index contributed by atoms with van der Waals surface area (Å²) in [6, 6.07) is 3.13. The first-order valence-corrected chi connectivity index (χ1v) is 5.68. The first kappa shape index (κ1) is 12.3. The molecule has 0 radical (unpaired) electrons. The fraction of sp³-hybridized carbons (Fsp3) is 0.417. The van der Waals surface area contributed by atoms with Crippen molar-refractivity contribution in [2.24, 2.45) is 0 Å². The van der Waals surface area contributed by atoms with Crippen molar-refractivity contribution in [1.82, 2.24) is 15.2 Å². The summed E-state index contributed by atoms with van der Waals surface area (Å²) in [5.74, 6) is 0.231. The summed E-state index contributed by atoms with van der Waals surface area (Å²) >= 11 is 0. The highest BCUT2D eigenvalue weighted by molar-refractivity contribution is 5.94. The van der Waals surface area contributed by atoms with Gasteiger partial charge in [0, 0.05) is 11.8 Å². The molecule has 18 heavy (non-hydrogen) atoms. The molecule has 1 aliphatic heterocycles. The highest BCUT2D eigenvalue weighted by Crippen LogP contribution is 2.18. The number of aromatic nitrogens is 1. The van der Waals surface area contributed by atoms with E-state index in [4.69, 9.17) is 4.74 Å². The fourth-order valence-electron chi connectivity index (χ4n) is 1.91. The van der Waals surface area contributed by atoms with E-state index in [1.54, 1.807) is 19.2 Å². The molecule has 1 aromatic heterocycles. The molecule has 2 heterocycles. The van der Waals surface area contributed by atoms with Crippen molar-refractivity contribution in [3.8, 4) is 5.88 Å². The highest BCUT2D eigenvalue weighted by atomic mass is 16.5. The third kappa shape index (κ3) is 2.27. The molecule has 0 saturated carbocycles. The van der Waals surface area contributed by atoms with Gasteiger partial charge in [-0.2, -0.15) is 0 Å². The monoisotopic (exact) mass is 249 g/mol. The van der Waals surface area contributed by atoms with E-state index in [1.165, 1.54) is 12.0 Å². The molecule has 1 aliphatic rings. The van der Waals surface area contributed by atoms with Crippen molar-refractivity contribution < 1.29 is 14.3 Å². The average Bonchev–Trinajstić information content (AvgIpc) is 2.39. The Kier molecular flexibility index (Phi) is 3.45. The van der Waals surface area contributed by atoms with Gasteiger partial charge in [0.2, 0.25) is 17.7 Å². The number of piperazine rings is 1. The van der Waals surface area contributed by atoms with Gasteiger partial charge in [-0.1, -0.05) is 6.07 Å². The van der Waals surface area contributed by atoms with Gasteiger partial charge in [0.05, 0.1) is 20.2 Å². The van der Waals surface area contributed by atoms with Crippen LogP contribution < -0.4 is 10.1 Å². The van der Waals surface area contributed by atoms with E-state index < -0.39 is 6.04 Å². The number of carbonyl (C=O) groups excluding carboxylic acids is 2. The summed E-state index contributed by atoms with van der Waals surface area (Å²) in [4.78, 5) is 28.9. The number of hydrogen-bond donors (Lipinski definition) is 1. The summed E-state index contributed by atoms with van der Waals surface area (Å²) < 4.78 is 5.13. The molecule has 1 aromatic rings. The van der Waals surface area contributed by atoms with Crippen LogP contribution in [0.5, 0.6) is 5.88 Å². The van der Waals surface area contributed by atoms with Gasteiger partial charge in [-0.05, 0) is 13.0 Å². The Morgan fingerprint density at radius 3 is 3.06 bits per heavy atom. The molecule has 0 aromatic carbocycles. The summed E-state index contributed by atoms with van der Waals surface area (Å²) in [5, 5.41) is 2.55. The largest absolute Gasteiger partial charge is 0.481 e. The summed E-state index contributed by atoms with van der Waals surface area (Å²) in [6.45, 7) is 2.07. The number of amides is 2. The molecule has 1 saturated heterocycles. The number of ether oxygens (including phenoxy) is 1. The summed E-state index contributed by atoms with van der Waals surface area (Å²) in [5.41, 5.74) is 0.787. The number of nitrogens with zero attached hydrogens (tertiary/aromatic N) is 2. The minimum absolute atomic E-state index is 0.0474. The standard InChI is InChI=1S/C12H15N3O3/c1-8-11(17)14-6-10(16)15(8)7-9-4-3-5-13-12(9)18-2/h3-5,8H,6-7H2,1-2H3,(H,14,17). The van der Waals surface area contributed by atoms with Crippen LogP contribution in [0.25, 0.3) is 0 Å². The zero-order chi connectivity index (χ0) is 13.1. The van der Waals surface area contributed by atoms with Gasteiger partial charge < -0.3 is 15.0 Å². The van der Waals surface area contributed by atoms with Gasteiger partial charge in [0.25, 0.3) is 0 Å². The van der Waals surface area contributed by atoms with Gasteiger partial charge in [-0.25, -0.2) is 4.98 Å². The SMILES string of the molecule is COc1ncccc1CN1C(=O)CNC(=O)C1C. The molecule has 0 bridgehead atoms. The Hall–Kier alpha value is -2.11. The first-order chi connectivity index (χ1) is 8.63. The second-order valence-corrected chi connectivity index (χ2v) is 4.09. The van der Waals surface area contributed by atoms with Crippen LogP contribution in [-0.2, 0) is 16.1 Å². The van der Waals surface area contributed by atoms with Crippen molar-refractivity contribution in [2.75, 3.05) is 13.7 Å². The smallest absolute Gasteiger partial charge is 0.242 e. The molecule has 0 spiro atoms. The number of nitrogens with one attached hydrogen (secondary N) is 1. The minimum Gasteiger partial charge on any atom is -0.481 e. The molecule has 6 nitrogen and oxygen atoms in total. The van der Waals surface area contributed by atoms with E-state index in [0.29, 0.717) is 12.4 Å². The van der Waals surface area contributed by atoms with Gasteiger partial charge in [-0.15, -0.1) is 0 Å². The van der Waals surface area contributed by atoms with Crippen molar-refractivity contribution >= 4 is 11.8 Å². The highest BCUT2D eigenvalue weighted by Gasteiger charge is 2.31. The van der Waals surface area contributed by atoms with E-state index in [9.17, 15) is 9.59 Å². The van der Waals surface area contributed by atoms with Crippen molar-refractivity contribution in [2.45, 2.75) is 19.5 Å². The summed E-state index contributed by atoms with van der Waals surface area (Å²) in [7, 11) is 1.53. The number of carbonyl (C=O) groups is 2. The fourth-order valence-corrected chi connectivity index (χ4v) is 1.91. The zero-order valence-electron chi connectivity index (χ0n) is 10.3. The normalized spacial score (nSPS) is 19.7. The molecule has 1 atom stereocenters. The third-order valence-electron chi connectivity index (χ3n) is 2.97. The Balaban J connectivity index is 2.21. The maximum absolute atomic E-state index is 11.8. The molecular weight excluding hydrogens is 234 g/mol. The van der Waals surface area contributed by atoms with E-state index in [1.807, 2.05) is 6.07 Å². The van der Waals surface area contributed by atoms with Gasteiger partial charge in [0.15, 0.2) is 0 Å². The number of pyridine rings is 1. The van der Waals surface area contributed by atoms with E-state index in [2.05, 4.69) is 10.3 Å². The Morgan fingerprint density at radius 2 is 2.33 bits per heavy atom. The second-order valence-electron chi connectivity index (χ2n) is 4.09. The maximum Gasteiger partial charge on any atom is 0.242 e. The number of hydrogen-bond acceptors (Lipinski definition) is 4. The third-order valence-corrected chi connectivity index (χ3v) is 2.97. The van der Waals surface area contributed by atoms with E-state index in [-0.39, 0.29) is 18.4 Å². The molecule has 1 unspecified atom stereocenters. The predicted octanol–water partition coefficient (Wildman–Crippen LogP) is -0.0629. The zero-order valence-corrected chi connectivity index (χ0v) is 10.3. The average molecular weight is 249 g/mol. The molecule has 2 amide bonds. The number of methoxy groups -OCH3 is 1. The predicted molar refractivity (Wildman–Crippen MR) is 63.8 cm³/mol. The first-order valence-electron chi connectivity index (χ1n) is 5.68. The molecule has 0 aliphatic carbocycles. The molecular formula is C12H15N3O3. The van der Waals surface area contributed by atoms with Gasteiger partial charge in [0.1, 0.15) is 6.04 Å². The van der Waals surface area contributed by atoms with Crippen LogP contribution in [0.1, 0.15) is 12.5 Å². The van der Waals surface area contributed by atoms with Crippen LogP contribution in [-0.4, -0.2) is 41.4 Å². The Labute approximate surface area is 105 Å². The van der Waals surface area contributed by atoms with Crippen LogP contribution in [0.4, 0.5) is 0 Å². The molecule has 1 N–H and O–H groups in total. The maximum atomic E-state index is 11.8. The summed E-state index contributed by atoms with van der Waals surface area (Å²) in [6.07, 6.45) is 1.62. The quantitative estimate of drug-likeness (QED) is 0.814. The second kappa shape index (κ2) is 5.03. The number of rotatable bonds is 3. The van der Waals surface area contributed by atoms with Crippen LogP contribution >= 0.6 is 0 Å². The lowest BCUT2D eigenvalue weighted by atomic mass is 10.1. The Bertz CT molecular complexity index is 475. The molecule has 96 valence electrons. The van der Waals surface area contributed by atoms with Crippen LogP contribution in [0.3, 0.4) is 0 Å². The lowest BCUT2D eigenvalue weighted by Crippen LogP contribution is -2.56. The van der Waals surface area contributed by atoms with E-state index >= 15 is 0 Å². The van der Waals surface area contributed by atoms with Crippen LogP contribution in [0.15, 0.2) is 18.3 Å². The molecule has 1 fully saturated rings.